The van der Waals surface area contributed by atoms with Crippen molar-refractivity contribution in [3.8, 4) is 0 Å². The fraction of sp³-hybridized carbons (Fsp3) is 0.394. The summed E-state index contributed by atoms with van der Waals surface area (Å²) < 4.78 is 50.7. The molecule has 2 aliphatic carbocycles. The highest BCUT2D eigenvalue weighted by molar-refractivity contribution is 7.93. The molecule has 6 rings (SSSR count). The van der Waals surface area contributed by atoms with E-state index in [2.05, 4.69) is 5.32 Å². The van der Waals surface area contributed by atoms with Gasteiger partial charge in [-0.25, -0.2) is 12.8 Å². The molecule has 8 nitrogen and oxygen atoms in total. The number of rotatable bonds is 11. The van der Waals surface area contributed by atoms with Crippen molar-refractivity contribution in [2.45, 2.75) is 61.6 Å². The highest BCUT2D eigenvalue weighted by atomic mass is 35.5. The summed E-state index contributed by atoms with van der Waals surface area (Å²) in [4.78, 5) is 28.9. The van der Waals surface area contributed by atoms with E-state index >= 15 is 4.39 Å². The lowest BCUT2D eigenvalue weighted by molar-refractivity contribution is -0.181. The van der Waals surface area contributed by atoms with Gasteiger partial charge in [0.2, 0.25) is 15.9 Å². The second-order valence-electron chi connectivity index (χ2n) is 11.9. The minimum atomic E-state index is -3.93. The number of halogens is 3. The van der Waals surface area contributed by atoms with Gasteiger partial charge in [0.05, 0.1) is 36.0 Å². The molecule has 1 N–H and O–H groups in total. The first-order valence-corrected chi connectivity index (χ1v) is 17.3. The van der Waals surface area contributed by atoms with Gasteiger partial charge in [-0.15, -0.1) is 0 Å². The van der Waals surface area contributed by atoms with Crippen molar-refractivity contribution in [3.05, 3.63) is 99.8 Å². The predicted molar refractivity (Wildman–Crippen MR) is 171 cm³/mol. The molecule has 0 bridgehead atoms. The van der Waals surface area contributed by atoms with Gasteiger partial charge >= 0.3 is 0 Å². The zero-order valence-corrected chi connectivity index (χ0v) is 26.9. The number of benzene rings is 3. The third-order valence-electron chi connectivity index (χ3n) is 8.72. The molecule has 3 fully saturated rings. The summed E-state index contributed by atoms with van der Waals surface area (Å²) in [5, 5.41) is 2.94. The molecule has 0 spiro atoms. The summed E-state index contributed by atoms with van der Waals surface area (Å²) in [6, 6.07) is 18.6. The van der Waals surface area contributed by atoms with E-state index in [1.807, 2.05) is 18.2 Å². The molecule has 4 atom stereocenters. The maximum absolute atomic E-state index is 15.3. The molecular weight excluding hydrogens is 640 g/mol. The van der Waals surface area contributed by atoms with Crippen LogP contribution in [-0.2, 0) is 24.3 Å². The van der Waals surface area contributed by atoms with Gasteiger partial charge in [0, 0.05) is 17.1 Å². The maximum Gasteiger partial charge on any atom is 0.253 e. The Morgan fingerprint density at radius 3 is 2.33 bits per heavy atom. The Bertz CT molecular complexity index is 1680. The fourth-order valence-electron chi connectivity index (χ4n) is 6.13. The first kappa shape index (κ1) is 31.8. The summed E-state index contributed by atoms with van der Waals surface area (Å²) in [6.45, 7) is -0.144. The number of hydrogen-bond acceptors (Lipinski definition) is 5. The molecule has 0 unspecified atom stereocenters. The third kappa shape index (κ3) is 6.70. The molecule has 0 radical (unpaired) electrons. The molecule has 3 aromatic rings. The van der Waals surface area contributed by atoms with Gasteiger partial charge in [0.1, 0.15) is 18.0 Å². The number of carbonyl (C=O) groups excluding carboxylic acids is 2. The largest absolute Gasteiger partial charge is 0.359 e. The van der Waals surface area contributed by atoms with Gasteiger partial charge in [0.25, 0.3) is 5.91 Å². The second-order valence-corrected chi connectivity index (χ2v) is 14.9. The smallest absolute Gasteiger partial charge is 0.253 e. The minimum absolute atomic E-state index is 0.0490. The average Bonchev–Trinajstić information content (AvgIpc) is 3.93. The molecule has 2 amide bonds. The Kier molecular flexibility index (Phi) is 9.12. The Balaban J connectivity index is 1.50. The van der Waals surface area contributed by atoms with E-state index in [4.69, 9.17) is 27.9 Å². The van der Waals surface area contributed by atoms with Crippen LogP contribution in [0.2, 0.25) is 10.0 Å². The lowest BCUT2D eigenvalue weighted by atomic mass is 9.89. The van der Waals surface area contributed by atoms with E-state index in [1.165, 1.54) is 25.2 Å². The van der Waals surface area contributed by atoms with E-state index in [1.54, 1.807) is 41.3 Å². The quantitative estimate of drug-likeness (QED) is 0.267. The average molecular weight is 675 g/mol. The van der Waals surface area contributed by atoms with Crippen molar-refractivity contribution >= 4 is 50.7 Å². The van der Waals surface area contributed by atoms with E-state index in [9.17, 15) is 18.0 Å². The molecule has 2 saturated carbocycles. The van der Waals surface area contributed by atoms with Crippen LogP contribution >= 0.6 is 23.2 Å². The van der Waals surface area contributed by atoms with Crippen molar-refractivity contribution in [1.29, 1.82) is 0 Å². The number of nitrogens with one attached hydrogen (secondary N) is 1. The normalized spacial score (nSPS) is 22.6. The molecule has 0 aromatic heterocycles. The SMILES string of the molecule is CNC(=O)C[C@@H]1O[C@H](c2cccc(Cl)c2)[C@@H](c2ccc(Cl)cc2)N([C@H](CN(c2ccccc2F)S(=O)(=O)C2CC2)C2CC2)C1=O. The van der Waals surface area contributed by atoms with Crippen molar-refractivity contribution < 1.29 is 27.1 Å². The molecular formula is C33H34Cl2FN3O5S. The van der Waals surface area contributed by atoms with Gasteiger partial charge < -0.3 is 15.0 Å². The van der Waals surface area contributed by atoms with Crippen LogP contribution in [0.4, 0.5) is 10.1 Å². The van der Waals surface area contributed by atoms with Crippen molar-refractivity contribution in [2.75, 3.05) is 17.9 Å². The van der Waals surface area contributed by atoms with Gasteiger partial charge in [-0.2, -0.15) is 0 Å². The summed E-state index contributed by atoms with van der Waals surface area (Å²) in [6.07, 6.45) is 0.372. The summed E-state index contributed by atoms with van der Waals surface area (Å²) in [5.41, 5.74) is 1.35. The minimum Gasteiger partial charge on any atom is -0.359 e. The first-order chi connectivity index (χ1) is 21.6. The third-order valence-corrected chi connectivity index (χ3v) is 11.5. The molecule has 1 saturated heterocycles. The van der Waals surface area contributed by atoms with Gasteiger partial charge in [-0.3, -0.25) is 13.9 Å². The zero-order valence-electron chi connectivity index (χ0n) is 24.6. The summed E-state index contributed by atoms with van der Waals surface area (Å²) >= 11 is 12.7. The number of morpholine rings is 1. The topological polar surface area (TPSA) is 96.0 Å². The van der Waals surface area contributed by atoms with Crippen LogP contribution in [0.25, 0.3) is 0 Å². The molecule has 3 aromatic carbocycles. The van der Waals surface area contributed by atoms with E-state index < -0.39 is 51.3 Å². The molecule has 238 valence electrons. The van der Waals surface area contributed by atoms with Crippen molar-refractivity contribution in [2.24, 2.45) is 5.92 Å². The van der Waals surface area contributed by atoms with Crippen LogP contribution in [-0.4, -0.2) is 56.1 Å². The van der Waals surface area contributed by atoms with Crippen LogP contribution in [0, 0.1) is 11.7 Å². The number of amides is 2. The van der Waals surface area contributed by atoms with Crippen molar-refractivity contribution in [3.63, 3.8) is 0 Å². The Morgan fingerprint density at radius 2 is 1.71 bits per heavy atom. The van der Waals surface area contributed by atoms with Gasteiger partial charge in [0.15, 0.2) is 0 Å². The molecule has 1 heterocycles. The van der Waals surface area contributed by atoms with Gasteiger partial charge in [-0.05, 0) is 79.1 Å². The number of sulfonamides is 1. The van der Waals surface area contributed by atoms with E-state index in [-0.39, 0.29) is 30.5 Å². The standard InChI is InChI=1S/C33H34Cl2FN3O5S/c1-37-30(40)18-29-33(41)39(31(21-11-13-23(34)14-12-21)32(44-29)22-5-4-6-24(35)17-22)28(20-9-10-20)19-38(45(42,43)25-15-16-25)27-8-3-2-7-26(27)36/h2-8,11-14,17,20,25,28-29,31-32H,9-10,15-16,18-19H2,1H3,(H,37,40)/t28-,29+,31-,32-/m1/s1. The predicted octanol–water partition coefficient (Wildman–Crippen LogP) is 6.06. The molecule has 12 heteroatoms. The van der Waals surface area contributed by atoms with Crippen LogP contribution < -0.4 is 9.62 Å². The highest BCUT2D eigenvalue weighted by Crippen LogP contribution is 2.49. The highest BCUT2D eigenvalue weighted by Gasteiger charge is 2.52. The van der Waals surface area contributed by atoms with Crippen molar-refractivity contribution in [1.82, 2.24) is 10.2 Å². The zero-order chi connectivity index (χ0) is 31.9. The number of para-hydroxylation sites is 1. The molecule has 3 aliphatic rings. The van der Waals surface area contributed by atoms with Gasteiger partial charge in [-0.1, -0.05) is 59.6 Å². The Hall–Kier alpha value is -3.18. The Morgan fingerprint density at radius 1 is 1.00 bits per heavy atom. The lowest BCUT2D eigenvalue weighted by Gasteiger charge is -2.49. The van der Waals surface area contributed by atoms with E-state index in [0.717, 1.165) is 17.1 Å². The monoisotopic (exact) mass is 673 g/mol. The van der Waals surface area contributed by atoms with Crippen LogP contribution in [0.5, 0.6) is 0 Å². The number of hydrogen-bond donors (Lipinski definition) is 1. The summed E-state index contributed by atoms with van der Waals surface area (Å²) in [5.74, 6) is -1.53. The Labute approximate surface area is 272 Å². The fourth-order valence-corrected chi connectivity index (χ4v) is 8.33. The second kappa shape index (κ2) is 12.9. The number of anilines is 1. The van der Waals surface area contributed by atoms with Crippen LogP contribution in [0.15, 0.2) is 72.8 Å². The number of ether oxygens (including phenoxy) is 1. The first-order valence-electron chi connectivity index (χ1n) is 15.0. The van der Waals surface area contributed by atoms with E-state index in [0.29, 0.717) is 34.0 Å². The number of nitrogens with zero attached hydrogens (tertiary/aromatic N) is 2. The lowest BCUT2D eigenvalue weighted by Crippen LogP contribution is -2.59. The number of carbonyl (C=O) groups is 2. The van der Waals surface area contributed by atoms with Crippen LogP contribution in [0.3, 0.4) is 0 Å². The van der Waals surface area contributed by atoms with Crippen LogP contribution in [0.1, 0.15) is 55.4 Å². The molecule has 45 heavy (non-hydrogen) atoms. The molecule has 1 aliphatic heterocycles. The summed E-state index contributed by atoms with van der Waals surface area (Å²) in [7, 11) is -2.44. The maximum atomic E-state index is 15.3.